The summed E-state index contributed by atoms with van der Waals surface area (Å²) in [6.07, 6.45) is -0.874. The van der Waals surface area contributed by atoms with Crippen LogP contribution in [0.5, 0.6) is 0 Å². The highest BCUT2D eigenvalue weighted by Gasteiger charge is 2.37. The van der Waals surface area contributed by atoms with Crippen LogP contribution in [0.2, 0.25) is 0 Å². The molecule has 0 aliphatic rings. The Morgan fingerprint density at radius 2 is 1.71 bits per heavy atom. The number of methoxy groups -OCH3 is 1. The smallest absolute Gasteiger partial charge is 0.408 e. The first-order valence-corrected chi connectivity index (χ1v) is 11.1. The Bertz CT molecular complexity index is 893. The van der Waals surface area contributed by atoms with Crippen molar-refractivity contribution in [3.05, 3.63) is 34.9 Å². The van der Waals surface area contributed by atoms with Crippen LogP contribution in [-0.2, 0) is 23.9 Å². The Morgan fingerprint density at radius 1 is 1.09 bits per heavy atom. The second-order valence-corrected chi connectivity index (χ2v) is 9.26. The molecular formula is C24H37N3O7. The second-order valence-electron chi connectivity index (χ2n) is 9.26. The molecule has 10 heteroatoms. The number of nitrogens with zero attached hydrogens (tertiary/aromatic N) is 1. The third-order valence-corrected chi connectivity index (χ3v) is 4.99. The summed E-state index contributed by atoms with van der Waals surface area (Å²) in [5.74, 6) is -1.93. The lowest BCUT2D eigenvalue weighted by atomic mass is 9.97. The molecule has 190 valence electrons. The van der Waals surface area contributed by atoms with Crippen molar-refractivity contribution >= 4 is 23.9 Å². The van der Waals surface area contributed by atoms with E-state index in [-0.39, 0.29) is 6.54 Å². The van der Waals surface area contributed by atoms with E-state index in [0.717, 1.165) is 11.1 Å². The molecule has 10 nitrogen and oxygen atoms in total. The first kappa shape index (κ1) is 28.9. The maximum Gasteiger partial charge on any atom is 0.408 e. The molecule has 0 radical (unpaired) electrons. The number of esters is 1. The van der Waals surface area contributed by atoms with Gasteiger partial charge in [-0.25, -0.2) is 4.79 Å². The van der Waals surface area contributed by atoms with Gasteiger partial charge in [0.1, 0.15) is 24.2 Å². The molecule has 0 saturated carbocycles. The lowest BCUT2D eigenvalue weighted by Gasteiger charge is -2.37. The van der Waals surface area contributed by atoms with Gasteiger partial charge in [0.05, 0.1) is 13.7 Å². The molecule has 2 unspecified atom stereocenters. The van der Waals surface area contributed by atoms with Gasteiger partial charge in [0.15, 0.2) is 0 Å². The number of benzene rings is 1. The van der Waals surface area contributed by atoms with Crippen LogP contribution >= 0.6 is 0 Å². The molecule has 0 fully saturated rings. The van der Waals surface area contributed by atoms with Crippen LogP contribution in [0.15, 0.2) is 18.2 Å². The van der Waals surface area contributed by atoms with Gasteiger partial charge in [-0.1, -0.05) is 18.2 Å². The summed E-state index contributed by atoms with van der Waals surface area (Å²) in [4.78, 5) is 51.9. The maximum absolute atomic E-state index is 13.5. The number of aryl methyl sites for hydroxylation is 2. The van der Waals surface area contributed by atoms with E-state index in [1.807, 2.05) is 19.9 Å². The molecule has 0 saturated heterocycles. The van der Waals surface area contributed by atoms with Crippen LogP contribution in [0.3, 0.4) is 0 Å². The van der Waals surface area contributed by atoms with E-state index in [1.165, 1.54) is 12.0 Å². The summed E-state index contributed by atoms with van der Waals surface area (Å²) in [5.41, 5.74) is 1.62. The highest BCUT2D eigenvalue weighted by atomic mass is 16.6. The second kappa shape index (κ2) is 12.4. The zero-order chi connectivity index (χ0) is 26.2. The number of rotatable bonds is 9. The Balaban J connectivity index is 3.39. The SMILES string of the molecule is COC(=O)CNC(=O)C(c1ccc(C)c(C)c1)N(C(=O)C(CO)NC(=O)OC(C)(C)C)C(C)C. The van der Waals surface area contributed by atoms with Crippen LogP contribution < -0.4 is 10.6 Å². The molecule has 0 aromatic heterocycles. The molecule has 0 bridgehead atoms. The molecule has 2 atom stereocenters. The Hall–Kier alpha value is -3.14. The number of carbonyl (C=O) groups is 4. The van der Waals surface area contributed by atoms with E-state index in [9.17, 15) is 24.3 Å². The molecule has 0 heterocycles. The molecule has 1 rings (SSSR count). The largest absolute Gasteiger partial charge is 0.468 e. The number of carbonyl (C=O) groups excluding carboxylic acids is 4. The fourth-order valence-corrected chi connectivity index (χ4v) is 3.20. The summed E-state index contributed by atoms with van der Waals surface area (Å²) >= 11 is 0. The predicted octanol–water partition coefficient (Wildman–Crippen LogP) is 1.76. The summed E-state index contributed by atoms with van der Waals surface area (Å²) in [7, 11) is 1.20. The monoisotopic (exact) mass is 479 g/mol. The molecule has 3 N–H and O–H groups in total. The lowest BCUT2D eigenvalue weighted by Crippen LogP contribution is -2.56. The van der Waals surface area contributed by atoms with Gasteiger partial charge in [-0.05, 0) is 65.2 Å². The van der Waals surface area contributed by atoms with Crippen molar-refractivity contribution in [3.8, 4) is 0 Å². The van der Waals surface area contributed by atoms with Crippen molar-refractivity contribution in [3.63, 3.8) is 0 Å². The number of aliphatic hydroxyl groups excluding tert-OH is 1. The van der Waals surface area contributed by atoms with Crippen LogP contribution in [-0.4, -0.2) is 71.8 Å². The Morgan fingerprint density at radius 3 is 2.18 bits per heavy atom. The van der Waals surface area contributed by atoms with Gasteiger partial charge in [-0.3, -0.25) is 14.4 Å². The van der Waals surface area contributed by atoms with Crippen molar-refractivity contribution in [1.29, 1.82) is 0 Å². The fourth-order valence-electron chi connectivity index (χ4n) is 3.20. The number of nitrogens with one attached hydrogen (secondary N) is 2. The van der Waals surface area contributed by atoms with Crippen molar-refractivity contribution in [2.45, 2.75) is 72.2 Å². The highest BCUT2D eigenvalue weighted by molar-refractivity contribution is 5.93. The average molecular weight is 480 g/mol. The standard InChI is InChI=1S/C24H37N3O7/c1-14(2)27(22(31)18(13-28)26-23(32)34-24(5,6)7)20(21(30)25-12-19(29)33-8)17-10-9-15(3)16(4)11-17/h9-11,14,18,20,28H,12-13H2,1-8H3,(H,25,30)(H,26,32). The van der Waals surface area contributed by atoms with Crippen LogP contribution in [0.4, 0.5) is 4.79 Å². The Kier molecular flexibility index (Phi) is 10.5. The van der Waals surface area contributed by atoms with E-state index in [0.29, 0.717) is 5.56 Å². The molecule has 34 heavy (non-hydrogen) atoms. The minimum absolute atomic E-state index is 0.379. The van der Waals surface area contributed by atoms with E-state index >= 15 is 0 Å². The normalized spacial score (nSPS) is 13.0. The summed E-state index contributed by atoms with van der Waals surface area (Å²) in [6, 6.07) is 2.36. The number of alkyl carbamates (subject to hydrolysis) is 1. The third kappa shape index (κ3) is 8.33. The van der Waals surface area contributed by atoms with Crippen molar-refractivity contribution < 1.29 is 33.8 Å². The summed E-state index contributed by atoms with van der Waals surface area (Å²) in [6.45, 7) is 11.1. The number of aliphatic hydroxyl groups is 1. The molecular weight excluding hydrogens is 442 g/mol. The van der Waals surface area contributed by atoms with Gasteiger partial charge in [-0.15, -0.1) is 0 Å². The van der Waals surface area contributed by atoms with Gasteiger partial charge in [0, 0.05) is 6.04 Å². The van der Waals surface area contributed by atoms with Gasteiger partial charge in [0.2, 0.25) is 11.8 Å². The first-order chi connectivity index (χ1) is 15.7. The number of hydrogen-bond acceptors (Lipinski definition) is 7. The number of ether oxygens (including phenoxy) is 2. The molecule has 0 aliphatic heterocycles. The topological polar surface area (TPSA) is 134 Å². The maximum atomic E-state index is 13.5. The summed E-state index contributed by atoms with van der Waals surface area (Å²) < 4.78 is 9.78. The molecule has 0 aliphatic carbocycles. The zero-order valence-corrected chi connectivity index (χ0v) is 21.2. The van der Waals surface area contributed by atoms with E-state index in [2.05, 4.69) is 15.4 Å². The number of hydrogen-bond donors (Lipinski definition) is 3. The van der Waals surface area contributed by atoms with Crippen molar-refractivity contribution in [2.24, 2.45) is 0 Å². The van der Waals surface area contributed by atoms with Gasteiger partial charge < -0.3 is 30.1 Å². The predicted molar refractivity (Wildman–Crippen MR) is 126 cm³/mol. The zero-order valence-electron chi connectivity index (χ0n) is 21.2. The molecule has 3 amide bonds. The molecule has 1 aromatic carbocycles. The van der Waals surface area contributed by atoms with Gasteiger partial charge >= 0.3 is 12.1 Å². The first-order valence-electron chi connectivity index (χ1n) is 11.1. The van der Waals surface area contributed by atoms with Crippen LogP contribution in [0, 0.1) is 13.8 Å². The van der Waals surface area contributed by atoms with E-state index in [4.69, 9.17) is 4.74 Å². The minimum Gasteiger partial charge on any atom is -0.468 e. The molecule has 1 aromatic rings. The number of amides is 3. The minimum atomic E-state index is -1.35. The van der Waals surface area contributed by atoms with Gasteiger partial charge in [-0.2, -0.15) is 0 Å². The quantitative estimate of drug-likeness (QED) is 0.459. The van der Waals surface area contributed by atoms with Crippen molar-refractivity contribution in [1.82, 2.24) is 15.5 Å². The van der Waals surface area contributed by atoms with Crippen molar-refractivity contribution in [2.75, 3.05) is 20.3 Å². The van der Waals surface area contributed by atoms with Crippen LogP contribution in [0.1, 0.15) is 57.4 Å². The average Bonchev–Trinajstić information content (AvgIpc) is 2.73. The summed E-state index contributed by atoms with van der Waals surface area (Å²) in [5, 5.41) is 14.8. The van der Waals surface area contributed by atoms with Crippen LogP contribution in [0.25, 0.3) is 0 Å². The lowest BCUT2D eigenvalue weighted by molar-refractivity contribution is -0.146. The van der Waals surface area contributed by atoms with Gasteiger partial charge in [0.25, 0.3) is 0 Å². The fraction of sp³-hybridized carbons (Fsp3) is 0.583. The highest BCUT2D eigenvalue weighted by Crippen LogP contribution is 2.26. The third-order valence-electron chi connectivity index (χ3n) is 4.99. The molecule has 0 spiro atoms. The van der Waals surface area contributed by atoms with E-state index in [1.54, 1.807) is 46.8 Å². The Labute approximate surface area is 201 Å². The van der Waals surface area contributed by atoms with E-state index < -0.39 is 54.2 Å².